The molecule has 0 amide bonds. The number of anilines is 1. The lowest BCUT2D eigenvalue weighted by Crippen LogP contribution is -2.24. The molecule has 0 fully saturated rings. The molecule has 0 radical (unpaired) electrons. The Balaban J connectivity index is 1.89. The highest BCUT2D eigenvalue weighted by Gasteiger charge is 2.08. The first-order chi connectivity index (χ1) is 9.72. The van der Waals surface area contributed by atoms with Gasteiger partial charge in [-0.15, -0.1) is 0 Å². The van der Waals surface area contributed by atoms with Gasteiger partial charge in [0.2, 0.25) is 0 Å². The monoisotopic (exact) mass is 296 g/mol. The van der Waals surface area contributed by atoms with Crippen LogP contribution in [0.1, 0.15) is 25.6 Å². The number of halogens is 1. The lowest BCUT2D eigenvalue weighted by molar-refractivity contribution is 0.568. The van der Waals surface area contributed by atoms with Gasteiger partial charge in [0.1, 0.15) is 17.2 Å². The molecule has 0 aromatic carbocycles. The largest absolute Gasteiger partial charge is 0.382 e. The van der Waals surface area contributed by atoms with Crippen LogP contribution in [0, 0.1) is 0 Å². The molecule has 2 aromatic rings. The van der Waals surface area contributed by atoms with Crippen molar-refractivity contribution >= 4 is 17.3 Å². The van der Waals surface area contributed by atoms with E-state index in [1.807, 2.05) is 6.92 Å². The van der Waals surface area contributed by atoms with Crippen LogP contribution < -0.4 is 10.9 Å². The smallest absolute Gasteiger partial charge is 0.287 e. The number of aromatic nitrogens is 5. The Kier molecular flexibility index (Phi) is 5.11. The minimum absolute atomic E-state index is 0.188. The van der Waals surface area contributed by atoms with Crippen LogP contribution in [-0.4, -0.2) is 31.5 Å². The van der Waals surface area contributed by atoms with Crippen molar-refractivity contribution in [3.05, 3.63) is 33.7 Å². The molecule has 0 aliphatic rings. The van der Waals surface area contributed by atoms with Gasteiger partial charge in [-0.2, -0.15) is 10.2 Å². The van der Waals surface area contributed by atoms with Gasteiger partial charge in [-0.05, 0) is 12.8 Å². The van der Waals surface area contributed by atoms with E-state index in [2.05, 4.69) is 25.6 Å². The van der Waals surface area contributed by atoms with Crippen LogP contribution in [0.3, 0.4) is 0 Å². The second-order valence-electron chi connectivity index (χ2n) is 4.36. The van der Waals surface area contributed by atoms with Crippen molar-refractivity contribution in [2.24, 2.45) is 0 Å². The van der Waals surface area contributed by atoms with Crippen molar-refractivity contribution in [2.45, 2.75) is 32.7 Å². The highest BCUT2D eigenvalue weighted by molar-refractivity contribution is 6.32. The van der Waals surface area contributed by atoms with Crippen LogP contribution >= 0.6 is 11.6 Å². The summed E-state index contributed by atoms with van der Waals surface area (Å²) in [5, 5.41) is 14.0. The number of aromatic amines is 1. The van der Waals surface area contributed by atoms with Gasteiger partial charge in [-0.1, -0.05) is 18.5 Å². The van der Waals surface area contributed by atoms with E-state index in [-0.39, 0.29) is 10.6 Å². The first-order valence-corrected chi connectivity index (χ1v) is 6.94. The summed E-state index contributed by atoms with van der Waals surface area (Å²) in [6.45, 7) is 3.24. The van der Waals surface area contributed by atoms with Gasteiger partial charge in [0.15, 0.2) is 0 Å². The minimum atomic E-state index is -0.256. The average Bonchev–Trinajstić information content (AvgIpc) is 2.95. The van der Waals surface area contributed by atoms with Gasteiger partial charge >= 0.3 is 0 Å². The maximum Gasteiger partial charge on any atom is 0.287 e. The summed E-state index contributed by atoms with van der Waals surface area (Å²) in [4.78, 5) is 15.9. The first kappa shape index (κ1) is 14.5. The average molecular weight is 297 g/mol. The number of rotatable bonds is 7. The van der Waals surface area contributed by atoms with Crippen LogP contribution in [-0.2, 0) is 13.0 Å². The third kappa shape index (κ3) is 3.57. The van der Waals surface area contributed by atoms with Crippen LogP contribution in [0.15, 0.2) is 17.3 Å². The number of hydrogen-bond donors (Lipinski definition) is 2. The van der Waals surface area contributed by atoms with E-state index in [1.54, 1.807) is 6.20 Å². The summed E-state index contributed by atoms with van der Waals surface area (Å²) in [5.74, 6) is 0.842. The maximum atomic E-state index is 11.9. The van der Waals surface area contributed by atoms with Crippen LogP contribution in [0.25, 0.3) is 0 Å². The zero-order valence-corrected chi connectivity index (χ0v) is 12.0. The summed E-state index contributed by atoms with van der Waals surface area (Å²) in [6.07, 6.45) is 5.55. The van der Waals surface area contributed by atoms with E-state index in [4.69, 9.17) is 11.6 Å². The molecule has 0 spiro atoms. The highest BCUT2D eigenvalue weighted by atomic mass is 35.5. The standard InChI is InChI=1S/C12H17ClN6O/c1-2-6-19-12(20)11(13)9(7-17-19)14-5-3-4-10-15-8-16-18-10/h7-8,14H,2-6H2,1H3,(H,15,16,18). The van der Waals surface area contributed by atoms with Gasteiger partial charge in [-0.3, -0.25) is 9.89 Å². The molecule has 2 aromatic heterocycles. The summed E-state index contributed by atoms with van der Waals surface area (Å²) in [7, 11) is 0. The van der Waals surface area contributed by atoms with E-state index in [1.165, 1.54) is 11.0 Å². The molecule has 0 atom stereocenters. The van der Waals surface area contributed by atoms with Crippen LogP contribution in [0.5, 0.6) is 0 Å². The quantitative estimate of drug-likeness (QED) is 0.755. The van der Waals surface area contributed by atoms with E-state index >= 15 is 0 Å². The summed E-state index contributed by atoms with van der Waals surface area (Å²) >= 11 is 6.05. The third-order valence-electron chi connectivity index (χ3n) is 2.79. The molecule has 7 nitrogen and oxygen atoms in total. The number of H-pyrrole nitrogens is 1. The fraction of sp³-hybridized carbons (Fsp3) is 0.500. The Bertz CT molecular complexity index is 594. The van der Waals surface area contributed by atoms with Gasteiger partial charge < -0.3 is 5.32 Å². The predicted octanol–water partition coefficient (Wildman–Crippen LogP) is 1.47. The second kappa shape index (κ2) is 7.04. The number of aryl methyl sites for hydroxylation is 2. The maximum absolute atomic E-state index is 11.9. The zero-order chi connectivity index (χ0) is 14.4. The van der Waals surface area contributed by atoms with E-state index in [0.29, 0.717) is 18.8 Å². The molecule has 0 aliphatic carbocycles. The predicted molar refractivity (Wildman–Crippen MR) is 77.0 cm³/mol. The lowest BCUT2D eigenvalue weighted by atomic mass is 10.3. The van der Waals surface area contributed by atoms with Gasteiger partial charge in [-0.25, -0.2) is 9.67 Å². The lowest BCUT2D eigenvalue weighted by Gasteiger charge is -2.09. The fourth-order valence-corrected chi connectivity index (χ4v) is 2.00. The van der Waals surface area contributed by atoms with Crippen molar-refractivity contribution in [2.75, 3.05) is 11.9 Å². The third-order valence-corrected chi connectivity index (χ3v) is 3.16. The Morgan fingerprint density at radius 1 is 1.50 bits per heavy atom. The molecule has 0 unspecified atom stereocenters. The summed E-state index contributed by atoms with van der Waals surface area (Å²) in [5.41, 5.74) is 0.315. The molecule has 0 aliphatic heterocycles. The molecule has 2 N–H and O–H groups in total. The van der Waals surface area contributed by atoms with Crippen LogP contribution in [0.4, 0.5) is 5.69 Å². The molecule has 8 heteroatoms. The Labute approximate surface area is 121 Å². The Morgan fingerprint density at radius 2 is 2.35 bits per heavy atom. The van der Waals surface area contributed by atoms with Gasteiger partial charge in [0, 0.05) is 19.5 Å². The van der Waals surface area contributed by atoms with Crippen molar-refractivity contribution < 1.29 is 0 Å². The topological polar surface area (TPSA) is 88.5 Å². The molecular weight excluding hydrogens is 280 g/mol. The molecule has 2 heterocycles. The SMILES string of the molecule is CCCn1ncc(NCCCc2ncn[nH]2)c(Cl)c1=O. The van der Waals surface area contributed by atoms with Crippen molar-refractivity contribution in [1.29, 1.82) is 0 Å². The number of hydrogen-bond acceptors (Lipinski definition) is 5. The normalized spacial score (nSPS) is 10.7. The number of nitrogens with zero attached hydrogens (tertiary/aromatic N) is 4. The van der Waals surface area contributed by atoms with E-state index in [9.17, 15) is 4.79 Å². The zero-order valence-electron chi connectivity index (χ0n) is 11.3. The first-order valence-electron chi connectivity index (χ1n) is 6.56. The minimum Gasteiger partial charge on any atom is -0.382 e. The summed E-state index contributed by atoms with van der Waals surface area (Å²) < 4.78 is 1.38. The molecule has 0 saturated carbocycles. The van der Waals surface area contributed by atoms with Crippen molar-refractivity contribution in [1.82, 2.24) is 25.0 Å². The van der Waals surface area contributed by atoms with Gasteiger partial charge in [0.25, 0.3) is 5.56 Å². The van der Waals surface area contributed by atoms with E-state index < -0.39 is 0 Å². The van der Waals surface area contributed by atoms with Crippen LogP contribution in [0.2, 0.25) is 5.02 Å². The second-order valence-corrected chi connectivity index (χ2v) is 4.74. The van der Waals surface area contributed by atoms with Crippen molar-refractivity contribution in [3.63, 3.8) is 0 Å². The highest BCUT2D eigenvalue weighted by Crippen LogP contribution is 2.15. The van der Waals surface area contributed by atoms with Crippen molar-refractivity contribution in [3.8, 4) is 0 Å². The Morgan fingerprint density at radius 3 is 3.05 bits per heavy atom. The molecule has 0 bridgehead atoms. The Hall–Kier alpha value is -1.89. The molecule has 108 valence electrons. The number of nitrogens with one attached hydrogen (secondary N) is 2. The molecule has 20 heavy (non-hydrogen) atoms. The molecular formula is C12H17ClN6O. The summed E-state index contributed by atoms with van der Waals surface area (Å²) in [6, 6.07) is 0. The molecule has 2 rings (SSSR count). The molecule has 0 saturated heterocycles. The van der Waals surface area contributed by atoms with Gasteiger partial charge in [0.05, 0.1) is 11.9 Å². The fourth-order valence-electron chi connectivity index (χ4n) is 1.79. The van der Waals surface area contributed by atoms with E-state index in [0.717, 1.165) is 25.1 Å².